The van der Waals surface area contributed by atoms with Crippen LogP contribution >= 0.6 is 0 Å². The summed E-state index contributed by atoms with van der Waals surface area (Å²) in [4.78, 5) is 0. The lowest BCUT2D eigenvalue weighted by Gasteiger charge is -2.35. The zero-order valence-electron chi connectivity index (χ0n) is 21.1. The molecule has 0 nitrogen and oxygen atoms in total. The Morgan fingerprint density at radius 1 is 0.191 bits per heavy atom. The number of fused-ring (bicyclic) bond motifs is 2. The van der Waals surface area contributed by atoms with E-state index >= 15 is 34.3 Å². The number of halogens is 20. The van der Waals surface area contributed by atoms with E-state index in [9.17, 15) is 52.7 Å². The summed E-state index contributed by atoms with van der Waals surface area (Å²) in [6, 6.07) is 0. The van der Waals surface area contributed by atoms with Crippen molar-refractivity contribution in [1.29, 1.82) is 0 Å². The average molecular weight is 719 g/mol. The van der Waals surface area contributed by atoms with E-state index < -0.39 is 159 Å². The Labute approximate surface area is 246 Å². The summed E-state index contributed by atoms with van der Waals surface area (Å²) in [7, 11) is 0. The minimum absolute atomic E-state index is 2.51. The SMILES string of the molecule is Fc1c(F)c(F)[c]([Al-]([F])([c]2c(F)c(F)c(F)c(F)c2F)[c]2c(F)c(F)c(F)c3c(F)c4c(F)c(F)c(F)c(F)c4c(F)c23)c(F)c1F. The van der Waals surface area contributed by atoms with Crippen LogP contribution in [-0.2, 0) is 0 Å². The number of rotatable bonds is 3. The van der Waals surface area contributed by atoms with Gasteiger partial charge in [-0.3, -0.25) is 0 Å². The molecule has 0 N–H and O–H groups in total. The van der Waals surface area contributed by atoms with E-state index in [1.807, 2.05) is 0 Å². The standard InChI is InChI=1S/C14F9.2C6F5.Al.FH/c15-3-1-2-4(10(19)8(3)17)9(18)6-5(7(2)16)11(20)13(22)14(23)12(6)21;2*7-2-1-3(8)5(10)6(11)4(2)9;;/h;;;;1H/p-1. The van der Waals surface area contributed by atoms with Crippen LogP contribution in [0.4, 0.5) is 86.9 Å². The summed E-state index contributed by atoms with van der Waals surface area (Å²) in [5.41, 5.74) is 0. The van der Waals surface area contributed by atoms with Gasteiger partial charge in [-0.05, 0) is 5.39 Å². The average Bonchev–Trinajstić information content (AvgIpc) is 3.02. The van der Waals surface area contributed by atoms with Gasteiger partial charge in [0.05, 0.1) is 16.2 Å². The normalized spacial score (nSPS) is 12.3. The molecule has 0 fully saturated rings. The smallest absolute Gasteiger partial charge is 0.454 e. The van der Waals surface area contributed by atoms with Crippen molar-refractivity contribution in [2.45, 2.75) is 0 Å². The summed E-state index contributed by atoms with van der Waals surface area (Å²) in [6.07, 6.45) is 0. The molecule has 0 aliphatic heterocycles. The Morgan fingerprint density at radius 3 is 0.702 bits per heavy atom. The first kappa shape index (κ1) is 34.1. The second-order valence-electron chi connectivity index (χ2n) is 9.47. The van der Waals surface area contributed by atoms with Gasteiger partial charge in [-0.1, -0.05) is 0 Å². The van der Waals surface area contributed by atoms with E-state index in [2.05, 4.69) is 0 Å². The summed E-state index contributed by atoms with van der Waals surface area (Å²) in [5, 5.41) is -10.8. The number of benzene rings is 5. The zero-order chi connectivity index (χ0) is 35.5. The first-order chi connectivity index (χ1) is 21.7. The lowest BCUT2D eigenvalue weighted by atomic mass is 9.99. The largest absolute Gasteiger partial charge is 0.581 e. The van der Waals surface area contributed by atoms with Crippen molar-refractivity contribution < 1.29 is 86.9 Å². The van der Waals surface area contributed by atoms with Crippen LogP contribution in [0, 0.1) is 111 Å². The molecule has 0 spiro atoms. The summed E-state index contributed by atoms with van der Waals surface area (Å²) >= 11 is -9.01. The summed E-state index contributed by atoms with van der Waals surface area (Å²) in [6.45, 7) is 0. The van der Waals surface area contributed by atoms with Gasteiger partial charge in [-0.2, -0.15) is 0 Å². The summed E-state index contributed by atoms with van der Waals surface area (Å²) < 4.78 is 286. The van der Waals surface area contributed by atoms with Crippen LogP contribution < -0.4 is 13.3 Å². The van der Waals surface area contributed by atoms with E-state index in [0.717, 1.165) is 0 Å². The molecule has 5 aromatic rings. The second kappa shape index (κ2) is 10.9. The van der Waals surface area contributed by atoms with Gasteiger partial charge >= 0.3 is 13.5 Å². The van der Waals surface area contributed by atoms with Gasteiger partial charge in [0.25, 0.3) is 0 Å². The molecule has 0 heterocycles. The van der Waals surface area contributed by atoms with Crippen molar-refractivity contribution in [3.05, 3.63) is 111 Å². The molecule has 5 rings (SSSR count). The Bertz CT molecular complexity index is 2130. The molecule has 0 aliphatic carbocycles. The Morgan fingerprint density at radius 2 is 0.383 bits per heavy atom. The van der Waals surface area contributed by atoms with Crippen LogP contribution in [0.15, 0.2) is 0 Å². The van der Waals surface area contributed by atoms with Crippen LogP contribution in [0.5, 0.6) is 0 Å². The molecular weight excluding hydrogens is 719 g/mol. The topological polar surface area (TPSA) is 0 Å². The maximum absolute atomic E-state index is 17.5. The lowest BCUT2D eigenvalue weighted by Crippen LogP contribution is -2.69. The van der Waals surface area contributed by atoms with Gasteiger partial charge in [0, 0.05) is 0 Å². The highest BCUT2D eigenvalue weighted by Gasteiger charge is 2.53. The van der Waals surface area contributed by atoms with Crippen molar-refractivity contribution in [1.82, 2.24) is 0 Å². The molecule has 0 saturated heterocycles. The molecule has 0 atom stereocenters. The zero-order valence-corrected chi connectivity index (χ0v) is 22.3. The molecule has 0 aliphatic rings. The Kier molecular flexibility index (Phi) is 7.91. The first-order valence-electron chi connectivity index (χ1n) is 11.7. The van der Waals surface area contributed by atoms with Crippen molar-refractivity contribution >= 4 is 48.4 Å². The van der Waals surface area contributed by atoms with Gasteiger partial charge in [0.15, 0.2) is 69.8 Å². The van der Waals surface area contributed by atoms with Crippen LogP contribution in [0.1, 0.15) is 0 Å². The maximum atomic E-state index is 17.5. The van der Waals surface area contributed by atoms with E-state index in [-0.39, 0.29) is 0 Å². The van der Waals surface area contributed by atoms with Crippen molar-refractivity contribution in [3.8, 4) is 0 Å². The van der Waals surface area contributed by atoms with Crippen molar-refractivity contribution in [3.63, 3.8) is 0 Å². The number of hydrogen-bond acceptors (Lipinski definition) is 0. The van der Waals surface area contributed by atoms with E-state index in [1.165, 1.54) is 0 Å². The molecule has 0 unspecified atom stereocenters. The fourth-order valence-electron chi connectivity index (χ4n) is 5.16. The second-order valence-corrected chi connectivity index (χ2v) is 12.7. The molecule has 0 aromatic heterocycles. The fourth-order valence-corrected chi connectivity index (χ4v) is 9.07. The fraction of sp³-hybridized carbons (Fsp3) is 0. The molecule has 21 heteroatoms. The predicted octanol–water partition coefficient (Wildman–Crippen LogP) is 7.57. The Balaban J connectivity index is 2.27. The third kappa shape index (κ3) is 4.17. The van der Waals surface area contributed by atoms with Crippen LogP contribution in [0.25, 0.3) is 21.5 Å². The molecule has 5 aromatic carbocycles. The highest BCUT2D eigenvalue weighted by atomic mass is 27.3. The third-order valence-electron chi connectivity index (χ3n) is 7.19. The monoisotopic (exact) mass is 719 g/mol. The van der Waals surface area contributed by atoms with Gasteiger partial charge in [0.1, 0.15) is 40.7 Å². The van der Waals surface area contributed by atoms with Crippen LogP contribution in [-0.4, -0.2) is 13.5 Å². The summed E-state index contributed by atoms with van der Waals surface area (Å²) in [5.74, 6) is -62.5. The van der Waals surface area contributed by atoms with Crippen molar-refractivity contribution in [2.75, 3.05) is 0 Å². The molecule has 0 amide bonds. The quantitative estimate of drug-likeness (QED) is 0.0594. The van der Waals surface area contributed by atoms with Gasteiger partial charge in [-0.25, -0.2) is 83.4 Å². The third-order valence-corrected chi connectivity index (χ3v) is 11.1. The van der Waals surface area contributed by atoms with E-state index in [1.54, 1.807) is 0 Å². The van der Waals surface area contributed by atoms with Gasteiger partial charge < -0.3 is 3.52 Å². The van der Waals surface area contributed by atoms with Crippen LogP contribution in [0.3, 0.4) is 0 Å². The van der Waals surface area contributed by atoms with Gasteiger partial charge in [0.2, 0.25) is 0 Å². The van der Waals surface area contributed by atoms with E-state index in [0.29, 0.717) is 0 Å². The van der Waals surface area contributed by atoms with E-state index in [4.69, 9.17) is 0 Å². The van der Waals surface area contributed by atoms with Gasteiger partial charge in [-0.15, -0.1) is 13.3 Å². The minimum atomic E-state index is -9.01. The highest BCUT2D eigenvalue weighted by molar-refractivity contribution is 7.08. The minimum Gasteiger partial charge on any atom is -0.581 e. The molecule has 0 saturated carbocycles. The molecule has 0 radical (unpaired) electrons. The van der Waals surface area contributed by atoms with Crippen molar-refractivity contribution in [2.24, 2.45) is 0 Å². The Hall–Kier alpha value is -4.25. The highest BCUT2D eigenvalue weighted by Crippen LogP contribution is 2.39. The molecular formula is C26AlF20-. The lowest BCUT2D eigenvalue weighted by molar-refractivity contribution is 0.380. The predicted molar refractivity (Wildman–Crippen MR) is 119 cm³/mol. The molecule has 248 valence electrons. The maximum Gasteiger partial charge on any atom is 0.454 e. The number of hydrogen-bond donors (Lipinski definition) is 0. The molecule has 0 bridgehead atoms. The van der Waals surface area contributed by atoms with Crippen LogP contribution in [0.2, 0.25) is 0 Å². The first-order valence-corrected chi connectivity index (χ1v) is 13.8. The molecule has 47 heavy (non-hydrogen) atoms.